The number of hydrogen-bond acceptors (Lipinski definition) is 1. The Morgan fingerprint density at radius 2 is 1.75 bits per heavy atom. The predicted octanol–water partition coefficient (Wildman–Crippen LogP) is 2.18. The van der Waals surface area contributed by atoms with Gasteiger partial charge in [0.25, 0.3) is 0 Å². The predicted molar refractivity (Wildman–Crippen MR) is 60.8 cm³/mol. The van der Waals surface area contributed by atoms with Crippen molar-refractivity contribution in [1.82, 2.24) is 5.32 Å². The summed E-state index contributed by atoms with van der Waals surface area (Å²) in [5.74, 6) is 0. The lowest BCUT2D eigenvalue weighted by Crippen LogP contribution is -2.33. The van der Waals surface area contributed by atoms with Gasteiger partial charge in [-0.05, 0) is 19.0 Å². The Bertz CT molecular complexity index is 104. The van der Waals surface area contributed by atoms with E-state index in [0.717, 1.165) is 23.7 Å². The van der Waals surface area contributed by atoms with Crippen molar-refractivity contribution in [2.45, 2.75) is 58.2 Å². The minimum absolute atomic E-state index is 0.130. The zero-order chi connectivity index (χ0) is 9.56. The van der Waals surface area contributed by atoms with Gasteiger partial charge in [0.1, 0.15) is 0 Å². The highest BCUT2D eigenvalue weighted by atomic mass is 28.2. The summed E-state index contributed by atoms with van der Waals surface area (Å²) in [5, 5.41) is 3.54. The SMILES string of the molecule is CCNC(C)C(CC)[SiH2]C(C)C. The van der Waals surface area contributed by atoms with Gasteiger partial charge in [-0.3, -0.25) is 0 Å². The van der Waals surface area contributed by atoms with E-state index >= 15 is 0 Å². The highest BCUT2D eigenvalue weighted by Crippen LogP contribution is 2.19. The average Bonchev–Trinajstić information content (AvgIpc) is 2.00. The molecule has 0 spiro atoms. The van der Waals surface area contributed by atoms with Crippen molar-refractivity contribution in [3.05, 3.63) is 0 Å². The van der Waals surface area contributed by atoms with Crippen LogP contribution in [0.25, 0.3) is 0 Å². The Hall–Kier alpha value is 0.177. The normalized spacial score (nSPS) is 17.5. The minimum atomic E-state index is 0.130. The molecular weight excluding hydrogens is 162 g/mol. The lowest BCUT2D eigenvalue weighted by Gasteiger charge is -2.24. The Morgan fingerprint density at radius 1 is 1.17 bits per heavy atom. The van der Waals surface area contributed by atoms with Gasteiger partial charge in [0, 0.05) is 15.6 Å². The molecule has 0 radical (unpaired) electrons. The Balaban J connectivity index is 3.78. The first kappa shape index (κ1) is 12.2. The molecule has 12 heavy (non-hydrogen) atoms. The molecule has 0 amide bonds. The van der Waals surface area contributed by atoms with E-state index in [1.54, 1.807) is 0 Å². The maximum Gasteiger partial charge on any atom is 0.0277 e. The van der Waals surface area contributed by atoms with Crippen LogP contribution in [0.3, 0.4) is 0 Å². The van der Waals surface area contributed by atoms with E-state index in [0.29, 0.717) is 0 Å². The van der Waals surface area contributed by atoms with Gasteiger partial charge < -0.3 is 5.32 Å². The molecule has 2 heteroatoms. The van der Waals surface area contributed by atoms with Crippen LogP contribution in [0.1, 0.15) is 41.0 Å². The second-order valence-electron chi connectivity index (χ2n) is 4.14. The molecule has 0 fully saturated rings. The summed E-state index contributed by atoms with van der Waals surface area (Å²) in [6, 6.07) is 0.745. The van der Waals surface area contributed by atoms with Crippen LogP contribution in [-0.4, -0.2) is 22.1 Å². The van der Waals surface area contributed by atoms with Gasteiger partial charge in [0.15, 0.2) is 0 Å². The molecule has 74 valence electrons. The first-order valence-corrected chi connectivity index (χ1v) is 6.98. The first-order chi connectivity index (χ1) is 5.61. The van der Waals surface area contributed by atoms with Crippen LogP contribution in [0, 0.1) is 0 Å². The number of hydrogen-bond donors (Lipinski definition) is 1. The quantitative estimate of drug-likeness (QED) is 0.629. The molecule has 2 unspecified atom stereocenters. The minimum Gasteiger partial charge on any atom is -0.315 e. The van der Waals surface area contributed by atoms with Gasteiger partial charge in [-0.2, -0.15) is 0 Å². The maximum absolute atomic E-state index is 3.54. The number of nitrogens with one attached hydrogen (secondary N) is 1. The molecule has 0 aromatic rings. The molecule has 0 aliphatic heterocycles. The summed E-state index contributed by atoms with van der Waals surface area (Å²) >= 11 is 0. The second kappa shape index (κ2) is 6.67. The highest BCUT2D eigenvalue weighted by Gasteiger charge is 2.15. The van der Waals surface area contributed by atoms with E-state index < -0.39 is 0 Å². The van der Waals surface area contributed by atoms with Gasteiger partial charge in [-0.15, -0.1) is 0 Å². The Labute approximate surface area is 80.1 Å². The monoisotopic (exact) mass is 187 g/mol. The Morgan fingerprint density at radius 3 is 2.08 bits per heavy atom. The topological polar surface area (TPSA) is 12.0 Å². The van der Waals surface area contributed by atoms with Gasteiger partial charge in [-0.1, -0.05) is 39.7 Å². The fourth-order valence-corrected chi connectivity index (χ4v) is 3.94. The van der Waals surface area contributed by atoms with Gasteiger partial charge in [-0.25, -0.2) is 0 Å². The lowest BCUT2D eigenvalue weighted by molar-refractivity contribution is 0.518. The molecule has 0 saturated carbocycles. The van der Waals surface area contributed by atoms with Crippen LogP contribution in [0.2, 0.25) is 11.1 Å². The summed E-state index contributed by atoms with van der Waals surface area (Å²) in [6.07, 6.45) is 1.36. The third-order valence-electron chi connectivity index (χ3n) is 2.53. The van der Waals surface area contributed by atoms with E-state index in [-0.39, 0.29) is 9.52 Å². The van der Waals surface area contributed by atoms with Crippen molar-refractivity contribution >= 4 is 9.52 Å². The summed E-state index contributed by atoms with van der Waals surface area (Å²) in [6.45, 7) is 12.7. The Kier molecular flexibility index (Phi) is 6.77. The fourth-order valence-electron chi connectivity index (χ4n) is 1.82. The average molecular weight is 187 g/mol. The molecule has 0 aliphatic rings. The molecule has 2 atom stereocenters. The molecule has 0 bridgehead atoms. The smallest absolute Gasteiger partial charge is 0.0277 e. The summed E-state index contributed by atoms with van der Waals surface area (Å²) < 4.78 is 0. The van der Waals surface area contributed by atoms with Crippen LogP contribution in [-0.2, 0) is 0 Å². The third-order valence-corrected chi connectivity index (χ3v) is 5.36. The maximum atomic E-state index is 3.54. The molecule has 0 heterocycles. The van der Waals surface area contributed by atoms with E-state index in [2.05, 4.69) is 39.9 Å². The highest BCUT2D eigenvalue weighted by molar-refractivity contribution is 6.39. The van der Waals surface area contributed by atoms with Crippen LogP contribution in [0.4, 0.5) is 0 Å². The summed E-state index contributed by atoms with van der Waals surface area (Å²) in [4.78, 5) is 0. The van der Waals surface area contributed by atoms with Crippen molar-refractivity contribution in [3.63, 3.8) is 0 Å². The molecule has 0 aromatic carbocycles. The second-order valence-corrected chi connectivity index (χ2v) is 7.30. The van der Waals surface area contributed by atoms with E-state index in [9.17, 15) is 0 Å². The van der Waals surface area contributed by atoms with Gasteiger partial charge >= 0.3 is 0 Å². The molecule has 0 rings (SSSR count). The van der Waals surface area contributed by atoms with Crippen molar-refractivity contribution in [2.24, 2.45) is 0 Å². The lowest BCUT2D eigenvalue weighted by atomic mass is 10.2. The fraction of sp³-hybridized carbons (Fsp3) is 1.00. The van der Waals surface area contributed by atoms with Gasteiger partial charge in [0.2, 0.25) is 0 Å². The first-order valence-electron chi connectivity index (χ1n) is 5.35. The molecule has 1 nitrogen and oxygen atoms in total. The van der Waals surface area contributed by atoms with Crippen LogP contribution < -0.4 is 5.32 Å². The molecule has 0 aliphatic carbocycles. The van der Waals surface area contributed by atoms with Crippen molar-refractivity contribution in [2.75, 3.05) is 6.54 Å². The largest absolute Gasteiger partial charge is 0.315 e. The standard InChI is InChI=1S/C10H25NSi/c1-6-10(12-8(3)4)9(5)11-7-2/h8-11H,6-7,12H2,1-5H3. The zero-order valence-electron chi connectivity index (χ0n) is 9.35. The number of rotatable bonds is 6. The molecule has 0 saturated heterocycles. The molecule has 0 aromatic heterocycles. The van der Waals surface area contributed by atoms with Gasteiger partial charge in [0.05, 0.1) is 0 Å². The van der Waals surface area contributed by atoms with E-state index in [1.165, 1.54) is 6.42 Å². The van der Waals surface area contributed by atoms with Crippen LogP contribution in [0.5, 0.6) is 0 Å². The molecular formula is C10H25NSi. The van der Waals surface area contributed by atoms with Crippen LogP contribution in [0.15, 0.2) is 0 Å². The summed E-state index contributed by atoms with van der Waals surface area (Å²) in [7, 11) is 0.130. The van der Waals surface area contributed by atoms with E-state index in [1.807, 2.05) is 0 Å². The van der Waals surface area contributed by atoms with Crippen LogP contribution >= 0.6 is 0 Å². The third kappa shape index (κ3) is 4.94. The van der Waals surface area contributed by atoms with Crippen molar-refractivity contribution < 1.29 is 0 Å². The summed E-state index contributed by atoms with van der Waals surface area (Å²) in [5.41, 5.74) is 1.96. The molecule has 1 N–H and O–H groups in total. The zero-order valence-corrected chi connectivity index (χ0v) is 10.8. The van der Waals surface area contributed by atoms with E-state index in [4.69, 9.17) is 0 Å². The van der Waals surface area contributed by atoms with Crippen molar-refractivity contribution in [3.8, 4) is 0 Å². The van der Waals surface area contributed by atoms with Crippen molar-refractivity contribution in [1.29, 1.82) is 0 Å².